The minimum Gasteiger partial charge on any atom is -0.399 e. The molecule has 0 aromatic heterocycles. The van der Waals surface area contributed by atoms with E-state index in [1.54, 1.807) is 4.90 Å². The molecule has 0 radical (unpaired) electrons. The summed E-state index contributed by atoms with van der Waals surface area (Å²) in [5.41, 5.74) is 12.3. The standard InChI is InChI=1S/C22H18N2O/c1-24-21-12-5-4-10-18(21)20(14-15-7-6-8-16(23)13-15)17-9-2-3-11-19(17)22(24)25/h2-14H,23H2,1H3/b20-14+. The lowest BCUT2D eigenvalue weighted by Gasteiger charge is -2.17. The van der Waals surface area contributed by atoms with Crippen molar-refractivity contribution in [3.63, 3.8) is 0 Å². The topological polar surface area (TPSA) is 46.3 Å². The Morgan fingerprint density at radius 2 is 1.52 bits per heavy atom. The Kier molecular flexibility index (Phi) is 3.62. The molecule has 25 heavy (non-hydrogen) atoms. The molecule has 0 unspecified atom stereocenters. The number of benzene rings is 3. The summed E-state index contributed by atoms with van der Waals surface area (Å²) in [6, 6.07) is 23.5. The molecule has 1 amide bonds. The molecule has 4 rings (SSSR count). The molecule has 3 nitrogen and oxygen atoms in total. The molecule has 1 aliphatic rings. The molecule has 0 fully saturated rings. The van der Waals surface area contributed by atoms with Gasteiger partial charge in [0, 0.05) is 23.9 Å². The van der Waals surface area contributed by atoms with Crippen LogP contribution in [0.1, 0.15) is 27.0 Å². The summed E-state index contributed by atoms with van der Waals surface area (Å²) in [4.78, 5) is 14.6. The van der Waals surface area contributed by atoms with E-state index in [0.717, 1.165) is 33.6 Å². The number of nitrogen functional groups attached to an aromatic ring is 1. The molecule has 2 N–H and O–H groups in total. The van der Waals surface area contributed by atoms with Gasteiger partial charge >= 0.3 is 0 Å². The predicted octanol–water partition coefficient (Wildman–Crippen LogP) is 4.45. The Morgan fingerprint density at radius 1 is 0.840 bits per heavy atom. The number of amides is 1. The molecule has 3 aromatic carbocycles. The van der Waals surface area contributed by atoms with Crippen LogP contribution in [0.3, 0.4) is 0 Å². The third-order valence-electron chi connectivity index (χ3n) is 4.53. The van der Waals surface area contributed by atoms with E-state index in [4.69, 9.17) is 5.73 Å². The quantitative estimate of drug-likeness (QED) is 0.672. The number of anilines is 2. The third kappa shape index (κ3) is 2.60. The van der Waals surface area contributed by atoms with E-state index in [-0.39, 0.29) is 5.91 Å². The van der Waals surface area contributed by atoms with Crippen molar-refractivity contribution in [3.8, 4) is 0 Å². The van der Waals surface area contributed by atoms with Crippen LogP contribution in [0.25, 0.3) is 11.6 Å². The summed E-state index contributed by atoms with van der Waals surface area (Å²) in [7, 11) is 1.82. The van der Waals surface area contributed by atoms with E-state index >= 15 is 0 Å². The van der Waals surface area contributed by atoms with Crippen LogP contribution in [-0.4, -0.2) is 13.0 Å². The van der Waals surface area contributed by atoms with Crippen LogP contribution in [0.2, 0.25) is 0 Å². The molecule has 1 heterocycles. The average Bonchev–Trinajstić information content (AvgIpc) is 2.72. The molecule has 3 heteroatoms. The van der Waals surface area contributed by atoms with E-state index in [9.17, 15) is 4.79 Å². The first-order valence-corrected chi connectivity index (χ1v) is 8.19. The largest absolute Gasteiger partial charge is 0.399 e. The third-order valence-corrected chi connectivity index (χ3v) is 4.53. The minimum atomic E-state index is -0.000902. The van der Waals surface area contributed by atoms with Crippen LogP contribution in [0, 0.1) is 0 Å². The van der Waals surface area contributed by atoms with Gasteiger partial charge < -0.3 is 10.6 Å². The molecule has 0 atom stereocenters. The zero-order valence-corrected chi connectivity index (χ0v) is 13.9. The van der Waals surface area contributed by atoms with E-state index in [2.05, 4.69) is 12.1 Å². The fourth-order valence-electron chi connectivity index (χ4n) is 3.30. The number of nitrogens with two attached hydrogens (primary N) is 1. The fourth-order valence-corrected chi connectivity index (χ4v) is 3.30. The molecule has 0 saturated heterocycles. The Hall–Kier alpha value is -3.33. The van der Waals surface area contributed by atoms with Crippen molar-refractivity contribution in [2.45, 2.75) is 0 Å². The van der Waals surface area contributed by atoms with Crippen molar-refractivity contribution in [1.82, 2.24) is 0 Å². The van der Waals surface area contributed by atoms with Crippen molar-refractivity contribution >= 4 is 28.9 Å². The number of carbonyl (C=O) groups is 1. The highest BCUT2D eigenvalue weighted by atomic mass is 16.2. The molecule has 3 aromatic rings. The highest BCUT2D eigenvalue weighted by Gasteiger charge is 2.26. The predicted molar refractivity (Wildman–Crippen MR) is 103 cm³/mol. The lowest BCUT2D eigenvalue weighted by atomic mass is 9.92. The van der Waals surface area contributed by atoms with Crippen LogP contribution >= 0.6 is 0 Å². The maximum atomic E-state index is 12.9. The average molecular weight is 326 g/mol. The summed E-state index contributed by atoms with van der Waals surface area (Å²) in [5.74, 6) is -0.000902. The number of hydrogen-bond acceptors (Lipinski definition) is 2. The first-order chi connectivity index (χ1) is 12.1. The molecule has 0 saturated carbocycles. The number of carbonyl (C=O) groups excluding carboxylic acids is 1. The summed E-state index contributed by atoms with van der Waals surface area (Å²) < 4.78 is 0. The van der Waals surface area contributed by atoms with Crippen molar-refractivity contribution < 1.29 is 4.79 Å². The maximum absolute atomic E-state index is 12.9. The monoisotopic (exact) mass is 326 g/mol. The van der Waals surface area contributed by atoms with Crippen LogP contribution in [0.4, 0.5) is 11.4 Å². The Balaban J connectivity index is 2.04. The van der Waals surface area contributed by atoms with Gasteiger partial charge in [0.15, 0.2) is 0 Å². The number of para-hydroxylation sites is 1. The van der Waals surface area contributed by atoms with Gasteiger partial charge in [-0.1, -0.05) is 48.5 Å². The van der Waals surface area contributed by atoms with Crippen LogP contribution in [0.5, 0.6) is 0 Å². The lowest BCUT2D eigenvalue weighted by Crippen LogP contribution is -2.25. The van der Waals surface area contributed by atoms with E-state index in [0.29, 0.717) is 5.56 Å². The number of nitrogens with zero attached hydrogens (tertiary/aromatic N) is 1. The normalized spacial score (nSPS) is 14.8. The summed E-state index contributed by atoms with van der Waals surface area (Å²) in [5, 5.41) is 0. The van der Waals surface area contributed by atoms with E-state index in [1.807, 2.05) is 73.8 Å². The van der Waals surface area contributed by atoms with Gasteiger partial charge in [0.25, 0.3) is 5.91 Å². The number of fused-ring (bicyclic) bond motifs is 2. The molecular formula is C22H18N2O. The number of rotatable bonds is 1. The van der Waals surface area contributed by atoms with Gasteiger partial charge in [-0.25, -0.2) is 0 Å². The van der Waals surface area contributed by atoms with Crippen molar-refractivity contribution in [2.24, 2.45) is 0 Å². The highest BCUT2D eigenvalue weighted by Crippen LogP contribution is 2.38. The van der Waals surface area contributed by atoms with Gasteiger partial charge in [-0.15, -0.1) is 0 Å². The van der Waals surface area contributed by atoms with Gasteiger partial charge in [0.05, 0.1) is 5.69 Å². The highest BCUT2D eigenvalue weighted by molar-refractivity contribution is 6.15. The second-order valence-electron chi connectivity index (χ2n) is 6.16. The van der Waals surface area contributed by atoms with Crippen molar-refractivity contribution in [1.29, 1.82) is 0 Å². The van der Waals surface area contributed by atoms with Gasteiger partial charge in [-0.05, 0) is 47.0 Å². The Morgan fingerprint density at radius 3 is 2.28 bits per heavy atom. The van der Waals surface area contributed by atoms with Gasteiger partial charge in [-0.2, -0.15) is 0 Å². The summed E-state index contributed by atoms with van der Waals surface area (Å²) in [6.07, 6.45) is 2.10. The van der Waals surface area contributed by atoms with Gasteiger partial charge in [0.1, 0.15) is 0 Å². The second kappa shape index (κ2) is 5.95. The Bertz CT molecular complexity index is 1000. The SMILES string of the molecule is CN1C(=O)c2ccccc2/C(=C\c2cccc(N)c2)c2ccccc21. The second-order valence-corrected chi connectivity index (χ2v) is 6.16. The molecule has 0 spiro atoms. The zero-order chi connectivity index (χ0) is 17.4. The molecule has 0 bridgehead atoms. The maximum Gasteiger partial charge on any atom is 0.258 e. The van der Waals surface area contributed by atoms with Crippen molar-refractivity contribution in [2.75, 3.05) is 17.7 Å². The fraction of sp³-hybridized carbons (Fsp3) is 0.0455. The van der Waals surface area contributed by atoms with Crippen LogP contribution in [0.15, 0.2) is 72.8 Å². The lowest BCUT2D eigenvalue weighted by molar-refractivity contribution is 0.0993. The van der Waals surface area contributed by atoms with Gasteiger partial charge in [-0.3, -0.25) is 4.79 Å². The van der Waals surface area contributed by atoms with Gasteiger partial charge in [0.2, 0.25) is 0 Å². The smallest absolute Gasteiger partial charge is 0.258 e. The zero-order valence-electron chi connectivity index (χ0n) is 13.9. The van der Waals surface area contributed by atoms with E-state index < -0.39 is 0 Å². The molecular weight excluding hydrogens is 308 g/mol. The first-order valence-electron chi connectivity index (χ1n) is 8.19. The van der Waals surface area contributed by atoms with Crippen molar-refractivity contribution in [3.05, 3.63) is 95.1 Å². The minimum absolute atomic E-state index is 0.000902. The number of hydrogen-bond donors (Lipinski definition) is 1. The molecule has 0 aliphatic carbocycles. The molecule has 1 aliphatic heterocycles. The summed E-state index contributed by atoms with van der Waals surface area (Å²) >= 11 is 0. The summed E-state index contributed by atoms with van der Waals surface area (Å²) in [6.45, 7) is 0. The Labute approximate surface area is 147 Å². The van der Waals surface area contributed by atoms with Crippen LogP contribution < -0.4 is 10.6 Å². The first kappa shape index (κ1) is 15.2. The van der Waals surface area contributed by atoms with E-state index in [1.165, 1.54) is 0 Å². The molecule has 122 valence electrons. The van der Waals surface area contributed by atoms with Crippen LogP contribution in [-0.2, 0) is 0 Å².